The van der Waals surface area contributed by atoms with Gasteiger partial charge in [-0.25, -0.2) is 4.98 Å². The lowest BCUT2D eigenvalue weighted by Crippen LogP contribution is -1.89. The van der Waals surface area contributed by atoms with Crippen LogP contribution in [0.5, 0.6) is 5.75 Å². The molecule has 0 amide bonds. The van der Waals surface area contributed by atoms with Crippen molar-refractivity contribution in [2.75, 3.05) is 12.8 Å². The van der Waals surface area contributed by atoms with Crippen LogP contribution in [0.3, 0.4) is 0 Å². The van der Waals surface area contributed by atoms with E-state index in [1.165, 1.54) is 11.8 Å². The molecule has 17 heavy (non-hydrogen) atoms. The average molecular weight is 311 g/mol. The predicted molar refractivity (Wildman–Crippen MR) is 73.5 cm³/mol. The quantitative estimate of drug-likeness (QED) is 0.880. The number of pyridine rings is 1. The summed E-state index contributed by atoms with van der Waals surface area (Å²) >= 11 is 5.00. The molecule has 1 heterocycles. The molecule has 3 nitrogen and oxygen atoms in total. The van der Waals surface area contributed by atoms with E-state index in [2.05, 4.69) is 20.9 Å². The van der Waals surface area contributed by atoms with E-state index < -0.39 is 0 Å². The highest BCUT2D eigenvalue weighted by Gasteiger charge is 2.05. The first-order valence-electron chi connectivity index (χ1n) is 4.92. The lowest BCUT2D eigenvalue weighted by Gasteiger charge is -2.06. The molecule has 88 valence electrons. The van der Waals surface area contributed by atoms with Gasteiger partial charge in [0.2, 0.25) is 0 Å². The predicted octanol–water partition coefficient (Wildman–Crippen LogP) is 3.59. The van der Waals surface area contributed by atoms with Gasteiger partial charge in [-0.15, -0.1) is 0 Å². The fourth-order valence-electron chi connectivity index (χ4n) is 1.33. The van der Waals surface area contributed by atoms with Crippen LogP contribution in [-0.2, 0) is 0 Å². The maximum Gasteiger partial charge on any atom is 0.122 e. The van der Waals surface area contributed by atoms with E-state index in [9.17, 15) is 0 Å². The first-order chi connectivity index (χ1) is 8.19. The molecule has 0 saturated heterocycles. The number of nitrogens with two attached hydrogens (primary N) is 1. The van der Waals surface area contributed by atoms with Crippen LogP contribution in [0.4, 0.5) is 5.69 Å². The summed E-state index contributed by atoms with van der Waals surface area (Å²) in [5.74, 6) is 0.750. The highest BCUT2D eigenvalue weighted by molar-refractivity contribution is 9.10. The molecule has 0 unspecified atom stereocenters. The van der Waals surface area contributed by atoms with Gasteiger partial charge in [0, 0.05) is 22.8 Å². The maximum atomic E-state index is 5.80. The maximum absolute atomic E-state index is 5.80. The highest BCUT2D eigenvalue weighted by Crippen LogP contribution is 2.34. The summed E-state index contributed by atoms with van der Waals surface area (Å²) in [6.45, 7) is 0. The van der Waals surface area contributed by atoms with Gasteiger partial charge >= 0.3 is 0 Å². The zero-order chi connectivity index (χ0) is 12.3. The molecule has 5 heteroatoms. The largest absolute Gasteiger partial charge is 0.497 e. The summed E-state index contributed by atoms with van der Waals surface area (Å²) in [7, 11) is 1.62. The van der Waals surface area contributed by atoms with Gasteiger partial charge in [0.15, 0.2) is 0 Å². The fourth-order valence-corrected chi connectivity index (χ4v) is 2.70. The molecule has 2 aromatic rings. The molecule has 1 aromatic heterocycles. The van der Waals surface area contributed by atoms with E-state index in [1.54, 1.807) is 19.4 Å². The Balaban J connectivity index is 2.30. The van der Waals surface area contributed by atoms with Gasteiger partial charge in [-0.3, -0.25) is 0 Å². The Morgan fingerprint density at radius 2 is 2.18 bits per heavy atom. The van der Waals surface area contributed by atoms with Crippen molar-refractivity contribution >= 4 is 33.4 Å². The molecule has 2 rings (SSSR count). The van der Waals surface area contributed by atoms with Crippen LogP contribution in [0.25, 0.3) is 0 Å². The van der Waals surface area contributed by atoms with Crippen molar-refractivity contribution in [2.45, 2.75) is 9.92 Å². The summed E-state index contributed by atoms with van der Waals surface area (Å²) in [6, 6.07) is 9.46. The third-order valence-electron chi connectivity index (χ3n) is 2.08. The van der Waals surface area contributed by atoms with Crippen molar-refractivity contribution < 1.29 is 4.74 Å². The van der Waals surface area contributed by atoms with E-state index in [1.807, 2.05) is 24.3 Å². The van der Waals surface area contributed by atoms with Crippen LogP contribution < -0.4 is 10.5 Å². The van der Waals surface area contributed by atoms with E-state index in [-0.39, 0.29) is 0 Å². The normalized spacial score (nSPS) is 10.2. The van der Waals surface area contributed by atoms with Crippen molar-refractivity contribution in [2.24, 2.45) is 0 Å². The van der Waals surface area contributed by atoms with Crippen LogP contribution in [0.2, 0.25) is 0 Å². The minimum absolute atomic E-state index is 0.680. The van der Waals surface area contributed by atoms with Gasteiger partial charge in [0.25, 0.3) is 0 Å². The second kappa shape index (κ2) is 5.42. The molecule has 1 aromatic carbocycles. The number of benzene rings is 1. The summed E-state index contributed by atoms with van der Waals surface area (Å²) in [6.07, 6.45) is 1.76. The summed E-state index contributed by atoms with van der Waals surface area (Å²) in [5, 5.41) is 0.903. The minimum Gasteiger partial charge on any atom is -0.497 e. The molecule has 2 N–H and O–H groups in total. The Labute approximate surface area is 113 Å². The van der Waals surface area contributed by atoms with Gasteiger partial charge in [-0.2, -0.15) is 0 Å². The molecule has 0 aliphatic rings. The molecule has 0 atom stereocenters. The number of nitrogens with zero attached hydrogens (tertiary/aromatic N) is 1. The van der Waals surface area contributed by atoms with Gasteiger partial charge in [-0.05, 0) is 40.2 Å². The molecular weight excluding hydrogens is 300 g/mol. The molecule has 0 bridgehead atoms. The number of aromatic nitrogens is 1. The topological polar surface area (TPSA) is 48.1 Å². The standard InChI is InChI=1S/C12H11BrN2OS/c1-16-9-5-8(14)6-10(7-9)17-12-11(13)3-2-4-15-12/h2-7H,14H2,1H3. The molecule has 0 aliphatic carbocycles. The molecule has 0 fully saturated rings. The fraction of sp³-hybridized carbons (Fsp3) is 0.0833. The lowest BCUT2D eigenvalue weighted by atomic mass is 10.3. The van der Waals surface area contributed by atoms with Gasteiger partial charge in [-0.1, -0.05) is 11.8 Å². The number of halogens is 1. The Kier molecular flexibility index (Phi) is 3.91. The second-order valence-electron chi connectivity index (χ2n) is 3.33. The molecular formula is C12H11BrN2OS. The Morgan fingerprint density at radius 1 is 1.35 bits per heavy atom. The van der Waals surface area contributed by atoms with Crippen LogP contribution in [0.1, 0.15) is 0 Å². The molecule has 0 aliphatic heterocycles. The summed E-state index contributed by atoms with van der Waals surface area (Å²) in [4.78, 5) is 5.29. The summed E-state index contributed by atoms with van der Waals surface area (Å²) in [5.41, 5.74) is 6.48. The van der Waals surface area contributed by atoms with Crippen molar-refractivity contribution in [1.82, 2.24) is 4.98 Å². The van der Waals surface area contributed by atoms with E-state index >= 15 is 0 Å². The smallest absolute Gasteiger partial charge is 0.122 e. The molecule has 0 saturated carbocycles. The number of methoxy groups -OCH3 is 1. The molecule has 0 radical (unpaired) electrons. The average Bonchev–Trinajstić information content (AvgIpc) is 2.31. The second-order valence-corrected chi connectivity index (χ2v) is 5.25. The van der Waals surface area contributed by atoms with E-state index in [4.69, 9.17) is 10.5 Å². The lowest BCUT2D eigenvalue weighted by molar-refractivity contribution is 0.414. The number of nitrogen functional groups attached to an aromatic ring is 1. The van der Waals surface area contributed by atoms with Crippen molar-refractivity contribution in [3.8, 4) is 5.75 Å². The van der Waals surface area contributed by atoms with Crippen LogP contribution >= 0.6 is 27.7 Å². The molecule has 0 spiro atoms. The Morgan fingerprint density at radius 3 is 2.88 bits per heavy atom. The Bertz CT molecular complexity index is 534. The zero-order valence-electron chi connectivity index (χ0n) is 9.18. The number of ether oxygens (including phenoxy) is 1. The third-order valence-corrected chi connectivity index (χ3v) is 3.97. The van der Waals surface area contributed by atoms with Gasteiger partial charge in [0.1, 0.15) is 10.8 Å². The van der Waals surface area contributed by atoms with Crippen molar-refractivity contribution in [3.63, 3.8) is 0 Å². The van der Waals surface area contributed by atoms with Gasteiger partial charge in [0.05, 0.1) is 11.6 Å². The van der Waals surface area contributed by atoms with E-state index in [0.29, 0.717) is 5.69 Å². The first kappa shape index (κ1) is 12.3. The highest BCUT2D eigenvalue weighted by atomic mass is 79.9. The summed E-state index contributed by atoms with van der Waals surface area (Å²) < 4.78 is 6.14. The van der Waals surface area contributed by atoms with Gasteiger partial charge < -0.3 is 10.5 Å². The van der Waals surface area contributed by atoms with Crippen LogP contribution in [0, 0.1) is 0 Å². The number of anilines is 1. The monoisotopic (exact) mass is 310 g/mol. The first-order valence-corrected chi connectivity index (χ1v) is 6.53. The Hall–Kier alpha value is -1.20. The number of hydrogen-bond donors (Lipinski definition) is 1. The number of hydrogen-bond acceptors (Lipinski definition) is 4. The van der Waals surface area contributed by atoms with Crippen molar-refractivity contribution in [3.05, 3.63) is 41.0 Å². The minimum atomic E-state index is 0.680. The van der Waals surface area contributed by atoms with E-state index in [0.717, 1.165) is 20.1 Å². The zero-order valence-corrected chi connectivity index (χ0v) is 11.6. The SMILES string of the molecule is COc1cc(N)cc(Sc2ncccc2Br)c1. The van der Waals surface area contributed by atoms with Crippen LogP contribution in [-0.4, -0.2) is 12.1 Å². The van der Waals surface area contributed by atoms with Crippen LogP contribution in [0.15, 0.2) is 50.9 Å². The number of rotatable bonds is 3. The van der Waals surface area contributed by atoms with Crippen molar-refractivity contribution in [1.29, 1.82) is 0 Å². The third kappa shape index (κ3) is 3.14.